The van der Waals surface area contributed by atoms with Crippen LogP contribution < -0.4 is 0 Å². The number of ether oxygens (including phenoxy) is 4. The van der Waals surface area contributed by atoms with Crippen LogP contribution in [0.4, 0.5) is 0 Å². The molecule has 2 saturated heterocycles. The molecule has 0 radical (unpaired) electrons. The Hall–Kier alpha value is -1.60. The average molecular weight is 797 g/mol. The van der Waals surface area contributed by atoms with Crippen molar-refractivity contribution in [3.8, 4) is 0 Å². The van der Waals surface area contributed by atoms with Gasteiger partial charge in [0.1, 0.15) is 48.8 Å². The summed E-state index contributed by atoms with van der Waals surface area (Å²) < 4.78 is 23.1. The number of carbonyl (C=O) groups excluding carboxylic acids is 2. The van der Waals surface area contributed by atoms with E-state index in [-0.39, 0.29) is 36.1 Å². The first-order valence-corrected chi connectivity index (χ1v) is 20.4. The molecule has 0 aromatic rings. The van der Waals surface area contributed by atoms with E-state index in [1.807, 2.05) is 6.92 Å². The minimum Gasteiger partial charge on any atom is -0.432 e. The van der Waals surface area contributed by atoms with E-state index in [1.54, 1.807) is 6.92 Å². The van der Waals surface area contributed by atoms with Crippen molar-refractivity contribution in [3.05, 3.63) is 11.6 Å². The molecule has 5 aliphatic carbocycles. The topological polar surface area (TPSA) is 253 Å². The van der Waals surface area contributed by atoms with Crippen LogP contribution in [0.3, 0.4) is 0 Å². The lowest BCUT2D eigenvalue weighted by Crippen LogP contribution is -2.72. The fraction of sp³-hybridized carbons (Fsp3) is 0.902. The van der Waals surface area contributed by atoms with E-state index in [1.165, 1.54) is 0 Å². The third-order valence-electron chi connectivity index (χ3n) is 16.6. The molecule has 19 atom stereocenters. The van der Waals surface area contributed by atoms with Gasteiger partial charge in [-0.3, -0.25) is 9.59 Å². The highest BCUT2D eigenvalue weighted by Crippen LogP contribution is 2.76. The molecule has 9 N–H and O–H groups in total. The fourth-order valence-electron chi connectivity index (χ4n) is 13.3. The maximum Gasteiger partial charge on any atom is 0.315 e. The largest absolute Gasteiger partial charge is 0.432 e. The van der Waals surface area contributed by atoms with Crippen LogP contribution in [0.1, 0.15) is 92.9 Å². The molecule has 15 heteroatoms. The number of allylic oxidation sites excluding steroid dienone is 2. The number of carbonyl (C=O) groups is 2. The molecule has 0 aromatic carbocycles. The molecule has 15 nitrogen and oxygen atoms in total. The number of fused-ring (bicyclic) bond motifs is 7. The molecular formula is C41H64O15. The van der Waals surface area contributed by atoms with Gasteiger partial charge in [0.25, 0.3) is 0 Å². The van der Waals surface area contributed by atoms with Crippen LogP contribution in [-0.2, 0) is 28.5 Å². The standard InChI is InChI=1S/C41H64O15/c1-36(2)9-11-41(35(52)56-33-29(50)26(47)23(46)17-53-33)12-10-39(5)19(20(41)13-36)7-8-25-37(3)14-22(45)32(38(4,18-43)31(37)21(44)15-40(25,39)6)55-34-30(51)28(49)27(48)24(16-42)54-34/h7,20-21,23-34,42-44,46-51H,8-18H2,1-6H3/t20-,21+,23-,24+,25+,26-,27+,28-,29+,30+,31+,32-,33-,34-,37+,38-,39+,40+,41-/m0/s1. The van der Waals surface area contributed by atoms with Crippen LogP contribution in [0.5, 0.6) is 0 Å². The Kier molecular flexibility index (Phi) is 10.8. The monoisotopic (exact) mass is 796 g/mol. The Labute approximate surface area is 328 Å². The molecule has 2 aliphatic heterocycles. The molecule has 2 heterocycles. The minimum atomic E-state index is -1.75. The number of hydrogen-bond acceptors (Lipinski definition) is 15. The van der Waals surface area contributed by atoms with Crippen LogP contribution in [0.2, 0.25) is 0 Å². The van der Waals surface area contributed by atoms with Crippen LogP contribution >= 0.6 is 0 Å². The first-order chi connectivity index (χ1) is 26.0. The quantitative estimate of drug-likeness (QED) is 0.0981. The molecule has 0 bridgehead atoms. The zero-order chi connectivity index (χ0) is 41.1. The Morgan fingerprint density at radius 1 is 0.821 bits per heavy atom. The number of ketones is 1. The number of aliphatic hydroxyl groups excluding tert-OH is 9. The molecule has 0 unspecified atom stereocenters. The Morgan fingerprint density at radius 3 is 2.14 bits per heavy atom. The number of esters is 1. The molecule has 0 spiro atoms. The maximum absolute atomic E-state index is 14.4. The second-order valence-electron chi connectivity index (χ2n) is 20.2. The van der Waals surface area contributed by atoms with E-state index in [9.17, 15) is 55.5 Å². The molecule has 318 valence electrons. The lowest BCUT2D eigenvalue weighted by atomic mass is 9.33. The zero-order valence-electron chi connectivity index (χ0n) is 33.4. The van der Waals surface area contributed by atoms with Crippen LogP contribution in [0, 0.1) is 50.2 Å². The predicted octanol–water partition coefficient (Wildman–Crippen LogP) is 0.0776. The van der Waals surface area contributed by atoms with Gasteiger partial charge in [0.15, 0.2) is 12.1 Å². The van der Waals surface area contributed by atoms with Gasteiger partial charge in [-0.2, -0.15) is 0 Å². The minimum absolute atomic E-state index is 0.0110. The summed E-state index contributed by atoms with van der Waals surface area (Å²) in [5.74, 6) is -1.89. The van der Waals surface area contributed by atoms with Crippen molar-refractivity contribution in [2.45, 2.75) is 160 Å². The summed E-state index contributed by atoms with van der Waals surface area (Å²) in [6, 6.07) is 0. The van der Waals surface area contributed by atoms with E-state index in [0.717, 1.165) is 12.0 Å². The van der Waals surface area contributed by atoms with Crippen molar-refractivity contribution in [1.29, 1.82) is 0 Å². The van der Waals surface area contributed by atoms with Gasteiger partial charge in [-0.15, -0.1) is 0 Å². The van der Waals surface area contributed by atoms with Crippen molar-refractivity contribution >= 4 is 11.8 Å². The summed E-state index contributed by atoms with van der Waals surface area (Å²) in [6.07, 6.45) is -10.0. The summed E-state index contributed by atoms with van der Waals surface area (Å²) in [5, 5.41) is 95.8. The van der Waals surface area contributed by atoms with Crippen LogP contribution in [-0.4, -0.2) is 145 Å². The zero-order valence-corrected chi connectivity index (χ0v) is 33.4. The summed E-state index contributed by atoms with van der Waals surface area (Å²) in [6.45, 7) is 11.0. The molecule has 4 saturated carbocycles. The third kappa shape index (κ3) is 6.04. The van der Waals surface area contributed by atoms with E-state index >= 15 is 0 Å². The third-order valence-corrected chi connectivity index (χ3v) is 16.6. The van der Waals surface area contributed by atoms with Crippen molar-refractivity contribution < 1.29 is 74.5 Å². The summed E-state index contributed by atoms with van der Waals surface area (Å²) >= 11 is 0. The van der Waals surface area contributed by atoms with Gasteiger partial charge >= 0.3 is 5.97 Å². The van der Waals surface area contributed by atoms with E-state index in [4.69, 9.17) is 18.9 Å². The second-order valence-corrected chi connectivity index (χ2v) is 20.2. The summed E-state index contributed by atoms with van der Waals surface area (Å²) in [7, 11) is 0. The highest BCUT2D eigenvalue weighted by molar-refractivity contribution is 5.86. The van der Waals surface area contributed by atoms with E-state index < -0.39 is 120 Å². The number of aliphatic hydroxyl groups is 9. The normalized spacial score (nSPS) is 54.1. The van der Waals surface area contributed by atoms with Gasteiger partial charge < -0.3 is 64.9 Å². The maximum atomic E-state index is 14.4. The molecule has 0 aromatic heterocycles. The number of rotatable bonds is 6. The van der Waals surface area contributed by atoms with Crippen molar-refractivity contribution in [2.24, 2.45) is 50.2 Å². The molecule has 7 rings (SSSR count). The van der Waals surface area contributed by atoms with Crippen LogP contribution in [0.25, 0.3) is 0 Å². The first kappa shape index (κ1) is 42.5. The SMILES string of the molecule is CC1(C)CC[C@]2(C(=O)O[C@@H]3OC[C@H](O)[C@H](O)[C@H]3O)CC[C@]3(C)C(=CC[C@@H]4[C@@]5(C)CC(=O)[C@H](O[C@@H]6O[C@H](CO)[C@@H](O)[C@H](O)[C@H]6O)[C@@](C)(CO)[C@@H]5[C@H](O)C[C@]43C)[C@@H]2C1. The van der Waals surface area contributed by atoms with Gasteiger partial charge in [0.05, 0.1) is 31.3 Å². The van der Waals surface area contributed by atoms with Gasteiger partial charge in [0.2, 0.25) is 6.29 Å². The highest BCUT2D eigenvalue weighted by Gasteiger charge is 2.73. The molecule has 6 fully saturated rings. The lowest BCUT2D eigenvalue weighted by molar-refractivity contribution is -0.329. The van der Waals surface area contributed by atoms with Crippen molar-refractivity contribution in [1.82, 2.24) is 0 Å². The molecule has 7 aliphatic rings. The van der Waals surface area contributed by atoms with Gasteiger partial charge in [-0.1, -0.05) is 53.2 Å². The fourth-order valence-corrected chi connectivity index (χ4v) is 13.3. The highest BCUT2D eigenvalue weighted by atomic mass is 16.7. The summed E-state index contributed by atoms with van der Waals surface area (Å²) in [5.41, 5.74) is -3.19. The van der Waals surface area contributed by atoms with E-state index in [2.05, 4.69) is 33.8 Å². The van der Waals surface area contributed by atoms with Crippen molar-refractivity contribution in [2.75, 3.05) is 19.8 Å². The smallest absolute Gasteiger partial charge is 0.315 e. The average Bonchev–Trinajstić information content (AvgIpc) is 3.13. The second kappa shape index (κ2) is 14.3. The Bertz CT molecular complexity index is 1570. The van der Waals surface area contributed by atoms with Crippen molar-refractivity contribution in [3.63, 3.8) is 0 Å². The van der Waals surface area contributed by atoms with Gasteiger partial charge in [-0.05, 0) is 78.4 Å². The van der Waals surface area contributed by atoms with Gasteiger partial charge in [-0.25, -0.2) is 0 Å². The van der Waals surface area contributed by atoms with Crippen LogP contribution in [0.15, 0.2) is 11.6 Å². The molecular weight excluding hydrogens is 732 g/mol. The first-order valence-electron chi connectivity index (χ1n) is 20.4. The molecule has 56 heavy (non-hydrogen) atoms. The lowest BCUT2D eigenvalue weighted by Gasteiger charge is -2.72. The summed E-state index contributed by atoms with van der Waals surface area (Å²) in [4.78, 5) is 28.9. The Morgan fingerprint density at radius 2 is 1.48 bits per heavy atom. The number of hydrogen-bond donors (Lipinski definition) is 9. The predicted molar refractivity (Wildman–Crippen MR) is 195 cm³/mol. The molecule has 0 amide bonds. The van der Waals surface area contributed by atoms with Gasteiger partial charge in [0, 0.05) is 17.8 Å². The Balaban J connectivity index is 1.22. The number of Topliss-reactive ketones (excluding diaryl/α,β-unsaturated/α-hetero) is 1. The van der Waals surface area contributed by atoms with E-state index in [0.29, 0.717) is 38.5 Å².